The van der Waals surface area contributed by atoms with Crippen molar-refractivity contribution >= 4 is 43.9 Å². The van der Waals surface area contributed by atoms with Crippen LogP contribution in [0, 0.1) is 11.3 Å². The van der Waals surface area contributed by atoms with Gasteiger partial charge in [-0.1, -0.05) is 115 Å². The molecule has 3 heteroatoms. The summed E-state index contributed by atoms with van der Waals surface area (Å²) >= 11 is 0. The summed E-state index contributed by atoms with van der Waals surface area (Å²) in [5.41, 5.74) is 12.4. The number of fused-ring (bicyclic) bond motifs is 6. The SMILES string of the molecule is N#Cc1ccccc1-c1ccccc1-c1cc(-c2ccc3oc4ccccc4c3c2)ccc1-c1cccc2c1oc1ccccc12. The molecule has 7 aromatic carbocycles. The lowest BCUT2D eigenvalue weighted by Gasteiger charge is -2.17. The van der Waals surface area contributed by atoms with Crippen molar-refractivity contribution in [1.82, 2.24) is 0 Å². The second-order valence-electron chi connectivity index (χ2n) is 11.6. The van der Waals surface area contributed by atoms with Gasteiger partial charge in [0.15, 0.2) is 0 Å². The molecule has 0 bridgehead atoms. The van der Waals surface area contributed by atoms with Crippen molar-refractivity contribution in [2.75, 3.05) is 0 Å². The monoisotopic (exact) mass is 587 g/mol. The lowest BCUT2D eigenvalue weighted by molar-refractivity contribution is 0.669. The highest BCUT2D eigenvalue weighted by Gasteiger charge is 2.19. The molecule has 2 heterocycles. The zero-order chi connectivity index (χ0) is 30.6. The molecule has 0 aliphatic rings. The van der Waals surface area contributed by atoms with Gasteiger partial charge < -0.3 is 8.83 Å². The minimum Gasteiger partial charge on any atom is -0.456 e. The predicted molar refractivity (Wildman–Crippen MR) is 187 cm³/mol. The van der Waals surface area contributed by atoms with Crippen LogP contribution in [-0.4, -0.2) is 0 Å². The Hall–Kier alpha value is -6.37. The van der Waals surface area contributed by atoms with Crippen LogP contribution < -0.4 is 0 Å². The van der Waals surface area contributed by atoms with Crippen LogP contribution >= 0.6 is 0 Å². The molecule has 46 heavy (non-hydrogen) atoms. The lowest BCUT2D eigenvalue weighted by atomic mass is 9.86. The quantitative estimate of drug-likeness (QED) is 0.206. The molecule has 0 atom stereocenters. The molecule has 0 radical (unpaired) electrons. The van der Waals surface area contributed by atoms with Gasteiger partial charge in [0.05, 0.1) is 11.6 Å². The van der Waals surface area contributed by atoms with Gasteiger partial charge in [0, 0.05) is 32.7 Å². The molecule has 9 rings (SSSR count). The Balaban J connectivity index is 1.32. The van der Waals surface area contributed by atoms with Crippen molar-refractivity contribution in [3.63, 3.8) is 0 Å². The first-order valence-corrected chi connectivity index (χ1v) is 15.3. The Labute approximate surface area is 265 Å². The van der Waals surface area contributed by atoms with Crippen LogP contribution in [0.4, 0.5) is 0 Å². The van der Waals surface area contributed by atoms with Gasteiger partial charge in [0.2, 0.25) is 0 Å². The topological polar surface area (TPSA) is 50.1 Å². The van der Waals surface area contributed by atoms with Gasteiger partial charge in [0.1, 0.15) is 22.3 Å². The van der Waals surface area contributed by atoms with Gasteiger partial charge in [-0.15, -0.1) is 0 Å². The van der Waals surface area contributed by atoms with Gasteiger partial charge in [-0.05, 0) is 69.8 Å². The number of para-hydroxylation sites is 3. The molecule has 0 saturated heterocycles. The number of rotatable bonds is 4. The highest BCUT2D eigenvalue weighted by molar-refractivity contribution is 6.11. The van der Waals surface area contributed by atoms with Crippen molar-refractivity contribution in [2.45, 2.75) is 0 Å². The summed E-state index contributed by atoms with van der Waals surface area (Å²) in [5.74, 6) is 0. The van der Waals surface area contributed by atoms with E-state index in [-0.39, 0.29) is 0 Å². The van der Waals surface area contributed by atoms with Gasteiger partial charge in [-0.2, -0.15) is 5.26 Å². The molecule has 0 amide bonds. The highest BCUT2D eigenvalue weighted by Crippen LogP contribution is 2.44. The Kier molecular flexibility index (Phi) is 5.88. The normalized spacial score (nSPS) is 11.5. The summed E-state index contributed by atoms with van der Waals surface area (Å²) in [6.07, 6.45) is 0. The Morgan fingerprint density at radius 2 is 0.913 bits per heavy atom. The third-order valence-corrected chi connectivity index (χ3v) is 8.98. The average Bonchev–Trinajstić information content (AvgIpc) is 3.69. The molecular formula is C43H25NO2. The van der Waals surface area contributed by atoms with Crippen molar-refractivity contribution in [1.29, 1.82) is 5.26 Å². The van der Waals surface area contributed by atoms with Crippen molar-refractivity contribution in [3.8, 4) is 50.6 Å². The zero-order valence-electron chi connectivity index (χ0n) is 24.7. The van der Waals surface area contributed by atoms with E-state index in [2.05, 4.69) is 91.0 Å². The summed E-state index contributed by atoms with van der Waals surface area (Å²) in [6, 6.07) is 54.4. The Morgan fingerprint density at radius 3 is 1.72 bits per heavy atom. The zero-order valence-corrected chi connectivity index (χ0v) is 24.7. The second-order valence-corrected chi connectivity index (χ2v) is 11.6. The number of furan rings is 2. The van der Waals surface area contributed by atoms with Crippen molar-refractivity contribution in [2.24, 2.45) is 0 Å². The largest absolute Gasteiger partial charge is 0.456 e. The second kappa shape index (κ2) is 10.4. The van der Waals surface area contributed by atoms with Crippen LogP contribution in [0.25, 0.3) is 88.4 Å². The summed E-state index contributed by atoms with van der Waals surface area (Å²) < 4.78 is 12.7. The predicted octanol–water partition coefficient (Wildman–Crippen LogP) is 12.0. The molecule has 3 nitrogen and oxygen atoms in total. The molecule has 0 saturated carbocycles. The van der Waals surface area contributed by atoms with Crippen molar-refractivity contribution < 1.29 is 8.83 Å². The minimum atomic E-state index is 0.643. The number of nitrogens with zero attached hydrogens (tertiary/aromatic N) is 1. The maximum atomic E-state index is 10.0. The molecular weight excluding hydrogens is 562 g/mol. The van der Waals surface area contributed by atoms with E-state index in [9.17, 15) is 5.26 Å². The van der Waals surface area contributed by atoms with E-state index in [0.717, 1.165) is 88.4 Å². The fourth-order valence-corrected chi connectivity index (χ4v) is 6.81. The van der Waals surface area contributed by atoms with Gasteiger partial charge in [0.25, 0.3) is 0 Å². The molecule has 0 aliphatic carbocycles. The molecule has 2 aromatic heterocycles. The smallest absolute Gasteiger partial charge is 0.143 e. The third-order valence-electron chi connectivity index (χ3n) is 8.98. The fourth-order valence-electron chi connectivity index (χ4n) is 6.81. The van der Waals surface area contributed by atoms with E-state index >= 15 is 0 Å². The highest BCUT2D eigenvalue weighted by atomic mass is 16.3. The van der Waals surface area contributed by atoms with Crippen LogP contribution in [0.2, 0.25) is 0 Å². The van der Waals surface area contributed by atoms with E-state index in [1.54, 1.807) is 0 Å². The van der Waals surface area contributed by atoms with Gasteiger partial charge in [-0.3, -0.25) is 0 Å². The van der Waals surface area contributed by atoms with Gasteiger partial charge in [-0.25, -0.2) is 0 Å². The number of hydrogen-bond acceptors (Lipinski definition) is 3. The minimum absolute atomic E-state index is 0.643. The fraction of sp³-hybridized carbons (Fsp3) is 0. The van der Waals surface area contributed by atoms with Crippen LogP contribution in [0.15, 0.2) is 160 Å². The number of nitriles is 1. The Morgan fingerprint density at radius 1 is 0.370 bits per heavy atom. The van der Waals surface area contributed by atoms with Crippen LogP contribution in [0.5, 0.6) is 0 Å². The summed E-state index contributed by atoms with van der Waals surface area (Å²) in [7, 11) is 0. The molecule has 0 N–H and O–H groups in total. The summed E-state index contributed by atoms with van der Waals surface area (Å²) in [6.45, 7) is 0. The first-order valence-electron chi connectivity index (χ1n) is 15.3. The molecule has 214 valence electrons. The molecule has 0 unspecified atom stereocenters. The maximum absolute atomic E-state index is 10.0. The molecule has 0 fully saturated rings. The Bertz CT molecular complexity index is 2670. The molecule has 0 spiro atoms. The van der Waals surface area contributed by atoms with E-state index in [4.69, 9.17) is 8.83 Å². The lowest BCUT2D eigenvalue weighted by Crippen LogP contribution is -1.92. The number of benzene rings is 7. The first kappa shape index (κ1) is 26.1. The summed E-state index contributed by atoms with van der Waals surface area (Å²) in [4.78, 5) is 0. The van der Waals surface area contributed by atoms with Gasteiger partial charge >= 0.3 is 0 Å². The maximum Gasteiger partial charge on any atom is 0.143 e. The van der Waals surface area contributed by atoms with E-state index in [1.807, 2.05) is 66.7 Å². The first-order chi connectivity index (χ1) is 22.8. The molecule has 9 aromatic rings. The van der Waals surface area contributed by atoms with E-state index < -0.39 is 0 Å². The summed E-state index contributed by atoms with van der Waals surface area (Å²) in [5, 5.41) is 14.4. The van der Waals surface area contributed by atoms with Crippen LogP contribution in [-0.2, 0) is 0 Å². The van der Waals surface area contributed by atoms with Crippen LogP contribution in [0.3, 0.4) is 0 Å². The standard InChI is InChI=1S/C43H25NO2/c44-26-29-10-1-2-11-30(29)31-12-3-4-13-32(31)38-24-27(28-21-23-42-39(25-28)35-15-6-7-18-40(35)45-42)20-22-33(38)36-16-9-17-37-34-14-5-8-19-41(34)46-43(36)37/h1-25H. The third kappa shape index (κ3) is 4.05. The number of hydrogen-bond donors (Lipinski definition) is 0. The van der Waals surface area contributed by atoms with E-state index in [0.29, 0.717) is 5.56 Å². The van der Waals surface area contributed by atoms with Crippen LogP contribution in [0.1, 0.15) is 5.56 Å². The molecule has 0 aliphatic heterocycles. The average molecular weight is 588 g/mol. The van der Waals surface area contributed by atoms with Crippen molar-refractivity contribution in [3.05, 3.63) is 157 Å². The van der Waals surface area contributed by atoms with E-state index in [1.165, 1.54) is 0 Å².